The molecule has 1 aromatic rings. The van der Waals surface area contributed by atoms with Crippen molar-refractivity contribution in [2.45, 2.75) is 58.9 Å². The summed E-state index contributed by atoms with van der Waals surface area (Å²) in [5, 5.41) is 11.5. The van der Waals surface area contributed by atoms with Gasteiger partial charge in [-0.15, -0.1) is 10.2 Å². The second-order valence-corrected chi connectivity index (χ2v) is 5.35. The number of rotatable bonds is 5. The molecule has 0 saturated carbocycles. The van der Waals surface area contributed by atoms with E-state index in [4.69, 9.17) is 0 Å². The van der Waals surface area contributed by atoms with E-state index in [0.717, 1.165) is 37.5 Å². The average molecular weight is 264 g/mol. The minimum absolute atomic E-state index is 0.0931. The summed E-state index contributed by atoms with van der Waals surface area (Å²) in [7, 11) is 0. The van der Waals surface area contributed by atoms with Crippen molar-refractivity contribution in [2.24, 2.45) is 5.92 Å². The van der Waals surface area contributed by atoms with Gasteiger partial charge in [-0.2, -0.15) is 0 Å². The fraction of sp³-hybridized carbons (Fsp3) is 0.786. The number of amides is 1. The number of nitrogens with one attached hydrogen (secondary N) is 1. The summed E-state index contributed by atoms with van der Waals surface area (Å²) in [5.74, 6) is 2.36. The normalized spacial score (nSPS) is 16.5. The van der Waals surface area contributed by atoms with Crippen LogP contribution in [0, 0.1) is 5.92 Å². The Labute approximate surface area is 114 Å². The highest BCUT2D eigenvalue weighted by molar-refractivity contribution is 5.78. The zero-order valence-corrected chi connectivity index (χ0v) is 12.0. The van der Waals surface area contributed by atoms with Gasteiger partial charge in [0, 0.05) is 31.8 Å². The topological polar surface area (TPSA) is 59.8 Å². The van der Waals surface area contributed by atoms with E-state index in [2.05, 4.69) is 20.1 Å². The first-order chi connectivity index (χ1) is 9.22. The molecule has 1 amide bonds. The van der Waals surface area contributed by atoms with E-state index in [1.807, 2.05) is 13.8 Å². The summed E-state index contributed by atoms with van der Waals surface area (Å²) in [6.07, 6.45) is 6.38. The molecule has 5 heteroatoms. The van der Waals surface area contributed by atoms with Crippen LogP contribution in [0.1, 0.15) is 51.2 Å². The van der Waals surface area contributed by atoms with Crippen LogP contribution in [-0.4, -0.2) is 27.2 Å². The molecule has 0 aromatic carbocycles. The van der Waals surface area contributed by atoms with Crippen molar-refractivity contribution in [2.75, 3.05) is 6.54 Å². The Morgan fingerprint density at radius 2 is 2.21 bits per heavy atom. The molecule has 1 aliphatic heterocycles. The van der Waals surface area contributed by atoms with Crippen LogP contribution >= 0.6 is 0 Å². The third kappa shape index (κ3) is 3.55. The number of nitrogens with zero attached hydrogens (tertiary/aromatic N) is 3. The maximum Gasteiger partial charge on any atom is 0.222 e. The van der Waals surface area contributed by atoms with E-state index in [1.165, 1.54) is 19.3 Å². The molecule has 1 atom stereocenters. The van der Waals surface area contributed by atoms with E-state index in [0.29, 0.717) is 6.54 Å². The van der Waals surface area contributed by atoms with Crippen LogP contribution in [0.15, 0.2) is 0 Å². The second kappa shape index (κ2) is 6.68. The predicted molar refractivity (Wildman–Crippen MR) is 73.7 cm³/mol. The SMILES string of the molecule is CCC(C)C(=O)NCCc1nnc2n1CCCCC2. The van der Waals surface area contributed by atoms with E-state index >= 15 is 0 Å². The summed E-state index contributed by atoms with van der Waals surface area (Å²) in [5.41, 5.74) is 0. The van der Waals surface area contributed by atoms with Crippen molar-refractivity contribution in [3.8, 4) is 0 Å². The number of aromatic nitrogens is 3. The zero-order chi connectivity index (χ0) is 13.7. The summed E-state index contributed by atoms with van der Waals surface area (Å²) < 4.78 is 2.24. The van der Waals surface area contributed by atoms with Crippen LogP contribution in [0.25, 0.3) is 0 Å². The van der Waals surface area contributed by atoms with Crippen molar-refractivity contribution < 1.29 is 4.79 Å². The van der Waals surface area contributed by atoms with E-state index in [-0.39, 0.29) is 11.8 Å². The van der Waals surface area contributed by atoms with Gasteiger partial charge in [0.1, 0.15) is 11.6 Å². The van der Waals surface area contributed by atoms with Crippen LogP contribution in [0.2, 0.25) is 0 Å². The molecule has 0 radical (unpaired) electrons. The van der Waals surface area contributed by atoms with Gasteiger partial charge in [0.2, 0.25) is 5.91 Å². The lowest BCUT2D eigenvalue weighted by Crippen LogP contribution is -2.31. The van der Waals surface area contributed by atoms with E-state index in [1.54, 1.807) is 0 Å². The molecule has 0 saturated heterocycles. The van der Waals surface area contributed by atoms with Gasteiger partial charge in [-0.1, -0.05) is 20.3 Å². The maximum atomic E-state index is 11.7. The Morgan fingerprint density at radius 1 is 1.37 bits per heavy atom. The standard InChI is InChI=1S/C14H24N4O/c1-3-11(2)14(19)15-9-8-13-17-16-12-7-5-4-6-10-18(12)13/h11H,3-10H2,1-2H3,(H,15,19). The Hall–Kier alpha value is -1.39. The van der Waals surface area contributed by atoms with Gasteiger partial charge >= 0.3 is 0 Å². The first kappa shape index (κ1) is 14.0. The summed E-state index contributed by atoms with van der Waals surface area (Å²) in [6.45, 7) is 5.67. The van der Waals surface area contributed by atoms with Crippen molar-refractivity contribution in [1.29, 1.82) is 0 Å². The monoisotopic (exact) mass is 264 g/mol. The minimum Gasteiger partial charge on any atom is -0.355 e. The molecule has 5 nitrogen and oxygen atoms in total. The van der Waals surface area contributed by atoms with Crippen molar-refractivity contribution in [1.82, 2.24) is 20.1 Å². The minimum atomic E-state index is 0.0931. The van der Waals surface area contributed by atoms with Gasteiger partial charge in [0.25, 0.3) is 0 Å². The molecule has 2 rings (SSSR count). The molecule has 2 heterocycles. The molecule has 1 aromatic heterocycles. The number of hydrogen-bond donors (Lipinski definition) is 1. The first-order valence-electron chi connectivity index (χ1n) is 7.41. The Balaban J connectivity index is 1.87. The predicted octanol–water partition coefficient (Wildman–Crippen LogP) is 1.71. The Kier molecular flexibility index (Phi) is 4.93. The molecule has 1 N–H and O–H groups in total. The maximum absolute atomic E-state index is 11.7. The van der Waals surface area contributed by atoms with Crippen LogP contribution < -0.4 is 5.32 Å². The van der Waals surface area contributed by atoms with Crippen LogP contribution in [0.4, 0.5) is 0 Å². The van der Waals surface area contributed by atoms with Crippen LogP contribution in [0.5, 0.6) is 0 Å². The Bertz CT molecular complexity index is 427. The lowest BCUT2D eigenvalue weighted by atomic mass is 10.1. The number of carbonyl (C=O) groups excluding carboxylic acids is 1. The first-order valence-corrected chi connectivity index (χ1v) is 7.41. The quantitative estimate of drug-likeness (QED) is 0.880. The lowest BCUT2D eigenvalue weighted by molar-refractivity contribution is -0.124. The molecule has 0 spiro atoms. The van der Waals surface area contributed by atoms with Gasteiger partial charge in [-0.05, 0) is 19.3 Å². The highest BCUT2D eigenvalue weighted by atomic mass is 16.1. The number of fused-ring (bicyclic) bond motifs is 1. The van der Waals surface area contributed by atoms with Gasteiger partial charge in [-0.3, -0.25) is 4.79 Å². The zero-order valence-electron chi connectivity index (χ0n) is 12.0. The van der Waals surface area contributed by atoms with E-state index in [9.17, 15) is 4.79 Å². The fourth-order valence-corrected chi connectivity index (χ4v) is 2.39. The third-order valence-corrected chi connectivity index (χ3v) is 3.89. The highest BCUT2D eigenvalue weighted by Gasteiger charge is 2.15. The Morgan fingerprint density at radius 3 is 3.00 bits per heavy atom. The highest BCUT2D eigenvalue weighted by Crippen LogP contribution is 2.14. The number of hydrogen-bond acceptors (Lipinski definition) is 3. The van der Waals surface area contributed by atoms with Gasteiger partial charge in [0.05, 0.1) is 0 Å². The summed E-state index contributed by atoms with van der Waals surface area (Å²) in [6, 6.07) is 0. The van der Waals surface area contributed by atoms with Crippen molar-refractivity contribution in [3.63, 3.8) is 0 Å². The molecular weight excluding hydrogens is 240 g/mol. The number of aryl methyl sites for hydroxylation is 1. The summed E-state index contributed by atoms with van der Waals surface area (Å²) in [4.78, 5) is 11.7. The third-order valence-electron chi connectivity index (χ3n) is 3.89. The smallest absolute Gasteiger partial charge is 0.222 e. The molecule has 1 unspecified atom stereocenters. The second-order valence-electron chi connectivity index (χ2n) is 5.35. The van der Waals surface area contributed by atoms with Crippen LogP contribution in [-0.2, 0) is 24.2 Å². The molecule has 0 fully saturated rings. The van der Waals surface area contributed by atoms with Crippen molar-refractivity contribution >= 4 is 5.91 Å². The van der Waals surface area contributed by atoms with Gasteiger partial charge in [0.15, 0.2) is 0 Å². The van der Waals surface area contributed by atoms with Crippen LogP contribution in [0.3, 0.4) is 0 Å². The molecule has 0 aliphatic carbocycles. The number of carbonyl (C=O) groups is 1. The average Bonchev–Trinajstić information content (AvgIpc) is 2.66. The molecule has 1 aliphatic rings. The lowest BCUT2D eigenvalue weighted by Gasteiger charge is -2.10. The van der Waals surface area contributed by atoms with Gasteiger partial charge < -0.3 is 9.88 Å². The fourth-order valence-electron chi connectivity index (χ4n) is 2.39. The molecule has 19 heavy (non-hydrogen) atoms. The molecule has 0 bridgehead atoms. The van der Waals surface area contributed by atoms with E-state index < -0.39 is 0 Å². The largest absolute Gasteiger partial charge is 0.355 e. The van der Waals surface area contributed by atoms with Gasteiger partial charge in [-0.25, -0.2) is 0 Å². The molecule has 106 valence electrons. The molecular formula is C14H24N4O. The summed E-state index contributed by atoms with van der Waals surface area (Å²) >= 11 is 0. The van der Waals surface area contributed by atoms with Crippen molar-refractivity contribution in [3.05, 3.63) is 11.6 Å².